The molecule has 3 aromatic rings. The van der Waals surface area contributed by atoms with E-state index in [0.717, 1.165) is 11.6 Å². The zero-order chi connectivity index (χ0) is 16.2. The number of H-pyrrole nitrogens is 1. The summed E-state index contributed by atoms with van der Waals surface area (Å²) in [5.41, 5.74) is 7.85. The SMILES string of the molecule is Nc1ccc(Cn2cccc2C(=O)C=C(O)c2ncn[nH]2)cc1. The number of nitrogens with one attached hydrogen (secondary N) is 1. The Hall–Kier alpha value is -3.35. The maximum absolute atomic E-state index is 12.3. The first kappa shape index (κ1) is 14.6. The Balaban J connectivity index is 1.81. The third-order valence-electron chi connectivity index (χ3n) is 3.34. The molecule has 0 spiro atoms. The lowest BCUT2D eigenvalue weighted by Gasteiger charge is -2.08. The Morgan fingerprint density at radius 3 is 2.78 bits per heavy atom. The van der Waals surface area contributed by atoms with Gasteiger partial charge in [-0.1, -0.05) is 12.1 Å². The molecule has 0 saturated carbocycles. The topological polar surface area (TPSA) is 110 Å². The first-order valence-electron chi connectivity index (χ1n) is 6.94. The second-order valence-corrected chi connectivity index (χ2v) is 4.99. The lowest BCUT2D eigenvalue weighted by Crippen LogP contribution is -2.08. The minimum Gasteiger partial charge on any atom is -0.504 e. The number of nitrogens with two attached hydrogens (primary N) is 1. The van der Waals surface area contributed by atoms with Gasteiger partial charge >= 0.3 is 0 Å². The van der Waals surface area contributed by atoms with Crippen LogP contribution in [-0.2, 0) is 6.54 Å². The number of benzene rings is 1. The highest BCUT2D eigenvalue weighted by Crippen LogP contribution is 2.13. The number of aromatic amines is 1. The molecule has 0 bridgehead atoms. The Kier molecular flexibility index (Phi) is 3.92. The van der Waals surface area contributed by atoms with E-state index < -0.39 is 0 Å². The number of carbonyl (C=O) groups is 1. The van der Waals surface area contributed by atoms with Gasteiger partial charge in [-0.25, -0.2) is 4.98 Å². The highest BCUT2D eigenvalue weighted by Gasteiger charge is 2.12. The van der Waals surface area contributed by atoms with Crippen LogP contribution in [0.4, 0.5) is 5.69 Å². The van der Waals surface area contributed by atoms with Crippen molar-refractivity contribution >= 4 is 17.2 Å². The first-order valence-corrected chi connectivity index (χ1v) is 6.94. The molecule has 0 fully saturated rings. The van der Waals surface area contributed by atoms with Gasteiger partial charge in [0.1, 0.15) is 6.33 Å². The van der Waals surface area contributed by atoms with E-state index in [1.165, 1.54) is 6.33 Å². The van der Waals surface area contributed by atoms with Crippen LogP contribution in [0, 0.1) is 0 Å². The quantitative estimate of drug-likeness (QED) is 0.289. The van der Waals surface area contributed by atoms with Crippen LogP contribution in [-0.4, -0.2) is 30.6 Å². The summed E-state index contributed by atoms with van der Waals surface area (Å²) in [6, 6.07) is 10.9. The molecule has 0 aliphatic rings. The van der Waals surface area contributed by atoms with Crippen LogP contribution in [0.1, 0.15) is 21.9 Å². The maximum Gasteiger partial charge on any atom is 0.206 e. The molecule has 116 valence electrons. The predicted molar refractivity (Wildman–Crippen MR) is 85.7 cm³/mol. The van der Waals surface area contributed by atoms with Crippen LogP contribution in [0.25, 0.3) is 5.76 Å². The second kappa shape index (κ2) is 6.18. The van der Waals surface area contributed by atoms with E-state index in [9.17, 15) is 9.90 Å². The normalized spacial score (nSPS) is 11.6. The summed E-state index contributed by atoms with van der Waals surface area (Å²) in [5.74, 6) is -0.429. The molecule has 7 nitrogen and oxygen atoms in total. The standard InChI is InChI=1S/C16H15N5O2/c17-12-5-3-11(4-6-12)9-21-7-1-2-13(21)14(22)8-15(23)16-18-10-19-20-16/h1-8,10,23H,9,17H2,(H,18,19,20). The predicted octanol–water partition coefficient (Wildman–Crippen LogP) is 2.02. The highest BCUT2D eigenvalue weighted by molar-refractivity contribution is 6.06. The largest absolute Gasteiger partial charge is 0.504 e. The molecule has 2 heterocycles. The van der Waals surface area contributed by atoms with Crippen molar-refractivity contribution in [3.8, 4) is 0 Å². The number of anilines is 1. The van der Waals surface area contributed by atoms with Crippen LogP contribution < -0.4 is 5.73 Å². The van der Waals surface area contributed by atoms with E-state index in [-0.39, 0.29) is 17.4 Å². The van der Waals surface area contributed by atoms with Crippen LogP contribution in [0.15, 0.2) is 55.0 Å². The number of hydrogen-bond donors (Lipinski definition) is 3. The van der Waals surface area contributed by atoms with Crippen LogP contribution in [0.3, 0.4) is 0 Å². The molecule has 2 aromatic heterocycles. The van der Waals surface area contributed by atoms with E-state index in [4.69, 9.17) is 5.73 Å². The Labute approximate surface area is 132 Å². The van der Waals surface area contributed by atoms with Gasteiger partial charge < -0.3 is 15.4 Å². The van der Waals surface area contributed by atoms with Gasteiger partial charge in [0.2, 0.25) is 5.78 Å². The van der Waals surface area contributed by atoms with Crippen LogP contribution in [0.5, 0.6) is 0 Å². The van der Waals surface area contributed by atoms with E-state index in [1.807, 2.05) is 30.5 Å². The molecule has 0 aliphatic heterocycles. The fourth-order valence-electron chi connectivity index (χ4n) is 2.19. The van der Waals surface area contributed by atoms with Crippen molar-refractivity contribution < 1.29 is 9.90 Å². The lowest BCUT2D eigenvalue weighted by atomic mass is 10.2. The van der Waals surface area contributed by atoms with Gasteiger partial charge in [0, 0.05) is 24.5 Å². The summed E-state index contributed by atoms with van der Waals surface area (Å²) in [6.45, 7) is 0.533. The number of nitrogen functional groups attached to an aromatic ring is 1. The molecule has 0 radical (unpaired) electrons. The van der Waals surface area contributed by atoms with Crippen molar-refractivity contribution in [2.24, 2.45) is 0 Å². The van der Waals surface area contributed by atoms with Gasteiger partial charge in [-0.15, -0.1) is 0 Å². The summed E-state index contributed by atoms with van der Waals surface area (Å²) in [6.07, 6.45) is 4.19. The molecule has 7 heteroatoms. The van der Waals surface area contributed by atoms with E-state index in [0.29, 0.717) is 17.9 Å². The Morgan fingerprint density at radius 1 is 1.30 bits per heavy atom. The minimum atomic E-state index is -0.320. The average molecular weight is 309 g/mol. The Morgan fingerprint density at radius 2 is 2.09 bits per heavy atom. The zero-order valence-corrected chi connectivity index (χ0v) is 12.2. The monoisotopic (exact) mass is 309 g/mol. The number of rotatable bonds is 5. The molecule has 0 atom stereocenters. The second-order valence-electron chi connectivity index (χ2n) is 4.99. The molecular weight excluding hydrogens is 294 g/mol. The van der Waals surface area contributed by atoms with Gasteiger partial charge in [-0.3, -0.25) is 9.89 Å². The summed E-state index contributed by atoms with van der Waals surface area (Å²) in [5, 5.41) is 16.0. The molecule has 0 unspecified atom stereocenters. The van der Waals surface area contributed by atoms with Gasteiger partial charge in [0.25, 0.3) is 0 Å². The van der Waals surface area contributed by atoms with Crippen molar-refractivity contribution in [2.75, 3.05) is 5.73 Å². The third kappa shape index (κ3) is 3.29. The first-order chi connectivity index (χ1) is 11.1. The van der Waals surface area contributed by atoms with Crippen molar-refractivity contribution in [1.82, 2.24) is 19.7 Å². The smallest absolute Gasteiger partial charge is 0.206 e. The van der Waals surface area contributed by atoms with Gasteiger partial charge in [-0.05, 0) is 29.8 Å². The molecule has 0 saturated heterocycles. The number of aromatic nitrogens is 4. The summed E-state index contributed by atoms with van der Waals surface area (Å²) in [4.78, 5) is 16.1. The van der Waals surface area contributed by atoms with Crippen molar-refractivity contribution in [2.45, 2.75) is 6.54 Å². The van der Waals surface area contributed by atoms with Crippen LogP contribution in [0.2, 0.25) is 0 Å². The fourth-order valence-corrected chi connectivity index (χ4v) is 2.19. The molecule has 0 amide bonds. The van der Waals surface area contributed by atoms with Crippen LogP contribution >= 0.6 is 0 Å². The zero-order valence-electron chi connectivity index (χ0n) is 12.2. The average Bonchev–Trinajstić information content (AvgIpc) is 3.20. The fraction of sp³-hybridized carbons (Fsp3) is 0.0625. The third-order valence-corrected chi connectivity index (χ3v) is 3.34. The van der Waals surface area contributed by atoms with E-state index >= 15 is 0 Å². The number of ketones is 1. The number of carbonyl (C=O) groups excluding carboxylic acids is 1. The van der Waals surface area contributed by atoms with Gasteiger partial charge in [0.15, 0.2) is 11.6 Å². The molecule has 0 aliphatic carbocycles. The lowest BCUT2D eigenvalue weighted by molar-refractivity contribution is 0.103. The van der Waals surface area contributed by atoms with Crippen molar-refractivity contribution in [1.29, 1.82) is 0 Å². The van der Waals surface area contributed by atoms with E-state index in [2.05, 4.69) is 15.2 Å². The number of aliphatic hydroxyl groups excluding tert-OH is 1. The van der Waals surface area contributed by atoms with E-state index in [1.54, 1.807) is 16.7 Å². The number of aliphatic hydroxyl groups is 1. The molecule has 1 aromatic carbocycles. The number of allylic oxidation sites excluding steroid dienone is 1. The molecule has 3 rings (SSSR count). The van der Waals surface area contributed by atoms with Gasteiger partial charge in [-0.2, -0.15) is 5.10 Å². The van der Waals surface area contributed by atoms with Crippen molar-refractivity contribution in [3.63, 3.8) is 0 Å². The minimum absolute atomic E-state index is 0.148. The molecule has 23 heavy (non-hydrogen) atoms. The summed E-state index contributed by atoms with van der Waals surface area (Å²) < 4.78 is 1.80. The maximum atomic E-state index is 12.3. The summed E-state index contributed by atoms with van der Waals surface area (Å²) in [7, 11) is 0. The number of hydrogen-bond acceptors (Lipinski definition) is 5. The highest BCUT2D eigenvalue weighted by atomic mass is 16.3. The Bertz CT molecular complexity index is 832. The number of nitrogens with zero attached hydrogens (tertiary/aromatic N) is 3. The van der Waals surface area contributed by atoms with Gasteiger partial charge in [0.05, 0.1) is 5.69 Å². The molecular formula is C16H15N5O2. The van der Waals surface area contributed by atoms with Crippen molar-refractivity contribution in [3.05, 3.63) is 72.1 Å². The molecule has 4 N–H and O–H groups in total. The summed E-state index contributed by atoms with van der Waals surface area (Å²) >= 11 is 0.